The normalized spacial score (nSPS) is 25.7. The number of carbonyl (C=O) groups excluding carboxylic acids is 1. The Labute approximate surface area is 144 Å². The number of amides is 1. The third kappa shape index (κ3) is 3.27. The first-order chi connectivity index (χ1) is 11.8. The molecule has 2 saturated heterocycles. The van der Waals surface area contributed by atoms with Gasteiger partial charge in [0.15, 0.2) is 0 Å². The maximum atomic E-state index is 12.5. The molecule has 2 aromatic rings. The molecule has 2 aliphatic rings. The first kappa shape index (κ1) is 15.5. The zero-order chi connectivity index (χ0) is 16.4. The van der Waals surface area contributed by atoms with E-state index in [9.17, 15) is 4.79 Å². The lowest BCUT2D eigenvalue weighted by atomic mass is 9.93. The zero-order valence-corrected chi connectivity index (χ0v) is 14.1. The molecule has 0 bridgehead atoms. The van der Waals surface area contributed by atoms with Gasteiger partial charge in [0.1, 0.15) is 0 Å². The highest BCUT2D eigenvalue weighted by molar-refractivity contribution is 7.10. The van der Waals surface area contributed by atoms with Crippen molar-refractivity contribution in [3.8, 4) is 0 Å². The minimum Gasteiger partial charge on any atom is -0.376 e. The fourth-order valence-electron chi connectivity index (χ4n) is 3.50. The quantitative estimate of drug-likeness (QED) is 0.894. The number of nitrogens with one attached hydrogen (secondary N) is 1. The van der Waals surface area contributed by atoms with Crippen LogP contribution in [0.2, 0.25) is 0 Å². The minimum absolute atomic E-state index is 0.167. The van der Waals surface area contributed by atoms with E-state index in [1.54, 1.807) is 29.8 Å². The van der Waals surface area contributed by atoms with Crippen LogP contribution >= 0.6 is 11.3 Å². The third-order valence-electron chi connectivity index (χ3n) is 4.79. The van der Waals surface area contributed by atoms with Gasteiger partial charge in [-0.3, -0.25) is 4.79 Å². The second-order valence-corrected chi connectivity index (χ2v) is 7.34. The lowest BCUT2D eigenvalue weighted by Gasteiger charge is -2.20. The average Bonchev–Trinajstić information content (AvgIpc) is 3.31. The number of fused-ring (bicyclic) bond motifs is 1. The summed E-state index contributed by atoms with van der Waals surface area (Å²) in [7, 11) is 0. The maximum Gasteiger partial charge on any atom is 0.227 e. The Morgan fingerprint density at radius 3 is 3.00 bits per heavy atom. The van der Waals surface area contributed by atoms with E-state index in [1.807, 2.05) is 22.4 Å². The standard InChI is InChI=1S/C17H20N4O2S/c22-16(7-13-3-1-6-24-13)21-9-14-12(11-23-15(14)10-21)8-20-17-18-4-2-5-19-17/h1-6,12,14-15H,7-11H2,(H,18,19,20)/t12-,14+,15+/m0/s1. The van der Waals surface area contributed by atoms with E-state index in [4.69, 9.17) is 4.74 Å². The van der Waals surface area contributed by atoms with Crippen LogP contribution in [0, 0.1) is 11.8 Å². The molecule has 7 heteroatoms. The van der Waals surface area contributed by atoms with Crippen LogP contribution in [0.15, 0.2) is 36.0 Å². The van der Waals surface area contributed by atoms with Crippen LogP contribution in [0.25, 0.3) is 0 Å². The van der Waals surface area contributed by atoms with Crippen LogP contribution in [-0.4, -0.2) is 53.1 Å². The smallest absolute Gasteiger partial charge is 0.227 e. The van der Waals surface area contributed by atoms with E-state index in [-0.39, 0.29) is 12.0 Å². The molecule has 0 aromatic carbocycles. The van der Waals surface area contributed by atoms with Gasteiger partial charge in [0.25, 0.3) is 0 Å². The fraction of sp³-hybridized carbons (Fsp3) is 0.471. The SMILES string of the molecule is O=C(Cc1cccs1)N1C[C@@H]2[C@@H](CNc3ncccn3)CO[C@@H]2C1. The highest BCUT2D eigenvalue weighted by Gasteiger charge is 2.44. The van der Waals surface area contributed by atoms with Crippen molar-refractivity contribution in [3.63, 3.8) is 0 Å². The Kier molecular flexibility index (Phi) is 4.44. The van der Waals surface area contributed by atoms with E-state index < -0.39 is 0 Å². The molecule has 3 atom stereocenters. The topological polar surface area (TPSA) is 67.4 Å². The van der Waals surface area contributed by atoms with Crippen LogP contribution in [0.3, 0.4) is 0 Å². The molecule has 126 valence electrons. The first-order valence-electron chi connectivity index (χ1n) is 8.22. The highest BCUT2D eigenvalue weighted by Crippen LogP contribution is 2.34. The molecule has 24 heavy (non-hydrogen) atoms. The maximum absolute atomic E-state index is 12.5. The Morgan fingerprint density at radius 2 is 2.21 bits per heavy atom. The largest absolute Gasteiger partial charge is 0.376 e. The van der Waals surface area contributed by atoms with Crippen molar-refractivity contribution in [2.24, 2.45) is 11.8 Å². The molecule has 4 heterocycles. The zero-order valence-electron chi connectivity index (χ0n) is 13.3. The van der Waals surface area contributed by atoms with Gasteiger partial charge in [-0.2, -0.15) is 0 Å². The summed E-state index contributed by atoms with van der Waals surface area (Å²) in [5.41, 5.74) is 0. The third-order valence-corrected chi connectivity index (χ3v) is 5.66. The van der Waals surface area contributed by atoms with Crippen LogP contribution in [0.1, 0.15) is 4.88 Å². The molecule has 0 unspecified atom stereocenters. The van der Waals surface area contributed by atoms with Gasteiger partial charge in [-0.1, -0.05) is 6.07 Å². The Bertz CT molecular complexity index is 679. The number of thiophene rings is 1. The number of hydrogen-bond donors (Lipinski definition) is 1. The van der Waals surface area contributed by atoms with Crippen molar-refractivity contribution in [1.29, 1.82) is 0 Å². The predicted molar refractivity (Wildman–Crippen MR) is 91.8 cm³/mol. The summed E-state index contributed by atoms with van der Waals surface area (Å²) in [6, 6.07) is 5.80. The van der Waals surface area contributed by atoms with Crippen molar-refractivity contribution in [3.05, 3.63) is 40.8 Å². The van der Waals surface area contributed by atoms with Gasteiger partial charge in [0, 0.05) is 48.7 Å². The molecule has 0 aliphatic carbocycles. The van der Waals surface area contributed by atoms with Crippen LogP contribution < -0.4 is 5.32 Å². The second-order valence-electron chi connectivity index (χ2n) is 6.30. The number of carbonyl (C=O) groups is 1. The van der Waals surface area contributed by atoms with Crippen LogP contribution in [0.5, 0.6) is 0 Å². The van der Waals surface area contributed by atoms with Crippen molar-refractivity contribution in [2.75, 3.05) is 31.6 Å². The van der Waals surface area contributed by atoms with Gasteiger partial charge in [-0.05, 0) is 17.5 Å². The van der Waals surface area contributed by atoms with Crippen molar-refractivity contribution in [2.45, 2.75) is 12.5 Å². The number of hydrogen-bond acceptors (Lipinski definition) is 6. The number of aromatic nitrogens is 2. The van der Waals surface area contributed by atoms with Crippen molar-refractivity contribution in [1.82, 2.24) is 14.9 Å². The molecule has 1 N–H and O–H groups in total. The van der Waals surface area contributed by atoms with Gasteiger partial charge < -0.3 is 15.0 Å². The monoisotopic (exact) mass is 344 g/mol. The summed E-state index contributed by atoms with van der Waals surface area (Å²) >= 11 is 1.64. The van der Waals surface area contributed by atoms with E-state index in [2.05, 4.69) is 15.3 Å². The van der Waals surface area contributed by atoms with Gasteiger partial charge >= 0.3 is 0 Å². The summed E-state index contributed by atoms with van der Waals surface area (Å²) in [6.07, 6.45) is 4.12. The van der Waals surface area contributed by atoms with E-state index in [1.165, 1.54) is 0 Å². The molecule has 0 radical (unpaired) electrons. The first-order valence-corrected chi connectivity index (χ1v) is 9.10. The fourth-order valence-corrected chi connectivity index (χ4v) is 4.20. The molecule has 2 aromatic heterocycles. The molecule has 6 nitrogen and oxygen atoms in total. The molecule has 2 aliphatic heterocycles. The Hall–Kier alpha value is -1.99. The van der Waals surface area contributed by atoms with Gasteiger partial charge in [-0.15, -0.1) is 11.3 Å². The molecule has 0 saturated carbocycles. The van der Waals surface area contributed by atoms with Gasteiger partial charge in [0.2, 0.25) is 11.9 Å². The van der Waals surface area contributed by atoms with Crippen LogP contribution in [0.4, 0.5) is 5.95 Å². The van der Waals surface area contributed by atoms with Crippen molar-refractivity contribution >= 4 is 23.2 Å². The Balaban J connectivity index is 1.32. The molecular formula is C17H20N4O2S. The molecule has 2 fully saturated rings. The number of rotatable bonds is 5. The molecule has 4 rings (SSSR count). The summed E-state index contributed by atoms with van der Waals surface area (Å²) in [6.45, 7) is 3.02. The minimum atomic E-state index is 0.167. The molecule has 1 amide bonds. The molecular weight excluding hydrogens is 324 g/mol. The van der Waals surface area contributed by atoms with Gasteiger partial charge in [-0.25, -0.2) is 9.97 Å². The molecule has 0 spiro atoms. The van der Waals surface area contributed by atoms with E-state index in [0.29, 0.717) is 30.7 Å². The predicted octanol–water partition coefficient (Wildman–Crippen LogP) is 1.67. The number of likely N-dealkylation sites (tertiary alicyclic amines) is 1. The number of ether oxygens (including phenoxy) is 1. The average molecular weight is 344 g/mol. The second kappa shape index (κ2) is 6.86. The summed E-state index contributed by atoms with van der Waals surface area (Å²) in [5.74, 6) is 1.63. The summed E-state index contributed by atoms with van der Waals surface area (Å²) in [4.78, 5) is 23.9. The van der Waals surface area contributed by atoms with E-state index >= 15 is 0 Å². The van der Waals surface area contributed by atoms with Crippen molar-refractivity contribution < 1.29 is 9.53 Å². The van der Waals surface area contributed by atoms with Gasteiger partial charge in [0.05, 0.1) is 19.1 Å². The summed E-state index contributed by atoms with van der Waals surface area (Å²) < 4.78 is 5.92. The number of anilines is 1. The number of nitrogens with zero attached hydrogens (tertiary/aromatic N) is 3. The van der Waals surface area contributed by atoms with E-state index in [0.717, 1.165) is 24.6 Å². The lowest BCUT2D eigenvalue weighted by molar-refractivity contribution is -0.130. The Morgan fingerprint density at radius 1 is 1.33 bits per heavy atom. The highest BCUT2D eigenvalue weighted by atomic mass is 32.1. The summed E-state index contributed by atoms with van der Waals surface area (Å²) in [5, 5.41) is 5.29. The van der Waals surface area contributed by atoms with Crippen LogP contribution in [-0.2, 0) is 16.0 Å². The lowest BCUT2D eigenvalue weighted by Crippen LogP contribution is -2.33.